The molecule has 14 aromatic carbocycles. The molecule has 0 saturated heterocycles. The van der Waals surface area contributed by atoms with Crippen molar-refractivity contribution in [2.75, 3.05) is 26.6 Å². The highest BCUT2D eigenvalue weighted by Gasteiger charge is 2.39. The first-order valence-corrected chi connectivity index (χ1v) is 54.5. The highest BCUT2D eigenvalue weighted by molar-refractivity contribution is 7.28. The van der Waals surface area contributed by atoms with Gasteiger partial charge in [0.05, 0.1) is 16.7 Å². The van der Waals surface area contributed by atoms with Crippen molar-refractivity contribution >= 4 is 108 Å². The molecule has 0 amide bonds. The van der Waals surface area contributed by atoms with E-state index in [1.54, 1.807) is 58.3 Å². The second-order valence-corrected chi connectivity index (χ2v) is 37.6. The van der Waals surface area contributed by atoms with Crippen LogP contribution in [0.25, 0.3) is 68.0 Å². The van der Waals surface area contributed by atoms with Crippen LogP contribution < -0.4 is 52.2 Å². The van der Waals surface area contributed by atoms with E-state index in [2.05, 4.69) is 329 Å². The van der Waals surface area contributed by atoms with Crippen molar-refractivity contribution in [2.24, 2.45) is 0 Å². The van der Waals surface area contributed by atoms with E-state index in [-0.39, 0.29) is 16.5 Å². The molecule has 0 atom stereocenters. The molecule has 148 heavy (non-hydrogen) atoms. The number of nitrogens with zero attached hydrogens (tertiary/aromatic N) is 4. The lowest BCUT2D eigenvalue weighted by Gasteiger charge is -2.25. The van der Waals surface area contributed by atoms with E-state index < -0.39 is 72.6 Å². The van der Waals surface area contributed by atoms with Gasteiger partial charge in [-0.2, -0.15) is 0 Å². The summed E-state index contributed by atoms with van der Waals surface area (Å²) in [7, 11) is 1.93. The lowest BCUT2D eigenvalue weighted by atomic mass is 9.82. The molecule has 0 unspecified atom stereocenters. The maximum absolute atomic E-state index is 14.7. The molecular weight excluding hydrogens is 1920 g/mol. The van der Waals surface area contributed by atoms with Crippen molar-refractivity contribution in [1.82, 2.24) is 0 Å². The van der Waals surface area contributed by atoms with Crippen LogP contribution in [0, 0.1) is 30.4 Å². The van der Waals surface area contributed by atoms with Gasteiger partial charge in [0.15, 0.2) is 17.2 Å². The number of fused-ring (bicyclic) bond motifs is 1. The fraction of sp³-hybridized carbons (Fsp3) is 0.240. The van der Waals surface area contributed by atoms with Gasteiger partial charge in [-0.1, -0.05) is 366 Å². The summed E-state index contributed by atoms with van der Waals surface area (Å²) in [5.41, 5.74) is 11.3. The molecule has 0 saturated carbocycles. The summed E-state index contributed by atoms with van der Waals surface area (Å²) in [6.07, 6.45) is 9.13. The van der Waals surface area contributed by atoms with Crippen LogP contribution in [0.3, 0.4) is 0 Å². The number of likely N-dealkylation sites (N-methyl/N-ethyl adjacent to an activating group) is 1. The van der Waals surface area contributed by atoms with Crippen LogP contribution in [0.2, 0.25) is 0 Å². The molecule has 1 aliphatic heterocycles. The fourth-order valence-corrected chi connectivity index (χ4v) is 18.6. The van der Waals surface area contributed by atoms with Crippen LogP contribution in [0.1, 0.15) is 219 Å². The Labute approximate surface area is 892 Å². The number of benzene rings is 11. The van der Waals surface area contributed by atoms with Gasteiger partial charge in [-0.25, -0.2) is 8.78 Å². The van der Waals surface area contributed by atoms with E-state index >= 15 is 0 Å². The Kier molecular flexibility index (Phi) is 52.4. The van der Waals surface area contributed by atoms with Gasteiger partial charge in [0, 0.05) is 109 Å². The van der Waals surface area contributed by atoms with Crippen molar-refractivity contribution in [2.45, 2.75) is 203 Å². The van der Waals surface area contributed by atoms with Crippen molar-refractivity contribution < 1.29 is 24.1 Å². The van der Waals surface area contributed by atoms with Gasteiger partial charge in [0.1, 0.15) is 17.2 Å². The Morgan fingerprint density at radius 3 is 0.939 bits per heavy atom. The van der Waals surface area contributed by atoms with Gasteiger partial charge in [0.2, 0.25) is 16.3 Å². The monoisotopic (exact) mass is 2060 g/mol. The van der Waals surface area contributed by atoms with Crippen molar-refractivity contribution in [3.8, 4) is 91.0 Å². The van der Waals surface area contributed by atoms with E-state index in [9.17, 15) is 52.9 Å². The zero-order chi connectivity index (χ0) is 109. The summed E-state index contributed by atoms with van der Waals surface area (Å²) in [4.78, 5) is 84.6. The van der Waals surface area contributed by atoms with Crippen LogP contribution in [0.15, 0.2) is 373 Å². The third kappa shape index (κ3) is 32.1. The molecule has 18 aromatic rings. The number of aromatic hydroxyl groups is 3. The second-order valence-electron chi connectivity index (χ2n) is 33.4. The number of allylic oxidation sites excluding steroid dienone is 1. The largest absolute Gasteiger partial charge is 0.504 e. The van der Waals surface area contributed by atoms with Crippen LogP contribution in [0.4, 0.5) is 65.7 Å². The topological polar surface area (TPSA) is 176 Å². The highest BCUT2D eigenvalue weighted by atomic mass is 32.1. The lowest BCUT2D eigenvalue weighted by molar-refractivity contribution is 0.460. The quantitative estimate of drug-likeness (QED) is 0.0616. The SMILES string of the molecule is CC.CC.CC.CC.CCC.CCC.CCC.CCC.CCC.CCC.Cc1ccc2c(c1)N(C)/C(=C/c1c(O)c(=O)c1=O)C2(C)C.O=c1c(O)c(-c2ccc(-c3ccc(-c4ccc(-c5ccc(N(c6ccccc6)c6ccccc6)cc5)s4)s3)s2)c1=O.O=c1c(O)c(C#Cc2c(F)cc(-c3ccc(N(c4ccccc4)c4ccccc4)cc3)cc2F)c1=O.c1ccc(N(c2ccccc2)c2ccc(-c3cccs3)cc2)cc1. The number of halogens is 2. The number of hydrogen-bond donors (Lipinski definition) is 3. The number of thiophene rings is 4. The number of aryl methyl sites for hydroxylation is 1. The minimum absolute atomic E-state index is 0.111. The van der Waals surface area contributed by atoms with Crippen molar-refractivity contribution in [1.29, 1.82) is 0 Å². The van der Waals surface area contributed by atoms with E-state index in [0.29, 0.717) is 16.0 Å². The van der Waals surface area contributed by atoms with E-state index in [0.717, 1.165) is 90.0 Å². The minimum Gasteiger partial charge on any atom is -0.504 e. The Balaban J connectivity index is 0.000000285. The van der Waals surface area contributed by atoms with Gasteiger partial charge < -0.3 is 34.9 Å². The first kappa shape index (κ1) is 122. The lowest BCUT2D eigenvalue weighted by Crippen LogP contribution is -2.33. The third-order valence-electron chi connectivity index (χ3n) is 21.0. The summed E-state index contributed by atoms with van der Waals surface area (Å²) in [6, 6.07) is 111. The summed E-state index contributed by atoms with van der Waals surface area (Å²) in [5.74, 6) is 0.902. The van der Waals surface area contributed by atoms with Crippen molar-refractivity contribution in [3.05, 3.63) is 446 Å². The molecule has 1 aliphatic rings. The van der Waals surface area contributed by atoms with Crippen LogP contribution >= 0.6 is 45.3 Å². The first-order valence-electron chi connectivity index (χ1n) is 51.2. The predicted molar refractivity (Wildman–Crippen MR) is 638 cm³/mol. The zero-order valence-electron chi connectivity index (χ0n) is 90.1. The van der Waals surface area contributed by atoms with Gasteiger partial charge in [-0.05, 0) is 222 Å². The molecule has 5 heterocycles. The standard InChI is InChI=1S/C34H21NO3S3.C30H17F2NO3.C22H17NS.C17H17NO3.6C3H8.4C2H6/c36-32-31(33(37)34(32)38)30-20-19-29(41-30)28-18-17-27(40-28)26-16-15-25(39-26)21-11-13-24(14-12-21)35(22-7-3-1-4-8-22)23-9-5-2-6-10-23;31-26-17-20(18-27(32)24(26)15-16-25-28(34)30(36)29(25)35)19-11-13-23(14-12-19)33(21-7-3-1-4-8-21)22-9-5-2-6-10-22;1-3-8-19(9-4-1)23(20-10-5-2-6-11-20)21-15-13-18(14-16-21)22-12-7-17-24-22;1-9-5-6-11-12(7-9)18(4)13(17(11,2)3)8-10-14(19)16(21)15(10)20;6*1-3-2;4*1-2/h1-20,36H;1-14,17-18,34H;1-17H;5-8,19H,1-4H3;6*3H2,1-2H3;4*1-2H3/b;;;13-8+;;;;;;;;;;. The molecule has 3 N–H and O–H groups in total. The van der Waals surface area contributed by atoms with Gasteiger partial charge >= 0.3 is 0 Å². The molecule has 0 spiro atoms. The number of para-hydroxylation sites is 6. The van der Waals surface area contributed by atoms with Gasteiger partial charge in [-0.15, -0.1) is 45.3 Å². The normalized spacial score (nSPS) is 10.9. The van der Waals surface area contributed by atoms with Crippen molar-refractivity contribution in [3.63, 3.8) is 0 Å². The molecule has 0 fully saturated rings. The maximum atomic E-state index is 14.7. The number of anilines is 10. The van der Waals surface area contributed by atoms with Gasteiger partial charge in [0.25, 0.3) is 16.3 Å². The van der Waals surface area contributed by atoms with Crippen LogP contribution in [-0.4, -0.2) is 22.4 Å². The van der Waals surface area contributed by atoms with Crippen LogP contribution in [-0.2, 0) is 5.41 Å². The molecule has 19 heteroatoms. The summed E-state index contributed by atoms with van der Waals surface area (Å²) >= 11 is 6.62. The highest BCUT2D eigenvalue weighted by Crippen LogP contribution is 2.50. The molecule has 4 aromatic heterocycles. The summed E-state index contributed by atoms with van der Waals surface area (Å²) in [5, 5.41) is 30.9. The molecule has 13 nitrogen and oxygen atoms in total. The smallest absolute Gasteiger partial charge is 0.270 e. The summed E-state index contributed by atoms with van der Waals surface area (Å²) in [6.45, 7) is 47.7. The first-order chi connectivity index (χ1) is 71.6. The molecule has 772 valence electrons. The Hall–Kier alpha value is -14.8. The van der Waals surface area contributed by atoms with E-state index in [1.807, 2.05) is 177 Å². The Morgan fingerprint density at radius 1 is 0.311 bits per heavy atom. The molecule has 0 aliphatic carbocycles. The molecule has 19 rings (SSSR count). The number of hydrogen-bond acceptors (Lipinski definition) is 17. The number of rotatable bonds is 16. The Bertz CT molecular complexity index is 7120. The average molecular weight is 2060 g/mol. The van der Waals surface area contributed by atoms with Crippen LogP contribution in [0.5, 0.6) is 17.2 Å². The van der Waals surface area contributed by atoms with E-state index in [1.165, 1.54) is 86.1 Å². The Morgan fingerprint density at radius 2 is 0.608 bits per heavy atom. The van der Waals surface area contributed by atoms with Gasteiger partial charge in [-0.3, -0.25) is 28.8 Å². The fourth-order valence-electron chi connectivity index (χ4n) is 14.6. The molecule has 0 bridgehead atoms. The molecular formula is C129H144F2N4O9S4. The average Bonchev–Trinajstić information content (AvgIpc) is 1.58. The third-order valence-corrected chi connectivity index (χ3v) is 25.6. The summed E-state index contributed by atoms with van der Waals surface area (Å²) < 4.78 is 29.4. The maximum Gasteiger partial charge on any atom is 0.270 e. The minimum atomic E-state index is -1.06. The second kappa shape index (κ2) is 63.6. The predicted octanol–water partition coefficient (Wildman–Crippen LogP) is 36.7. The molecule has 0 radical (unpaired) electrons. The zero-order valence-corrected chi connectivity index (χ0v) is 93.4. The van der Waals surface area contributed by atoms with E-state index in [4.69, 9.17) is 0 Å².